The van der Waals surface area contributed by atoms with E-state index < -0.39 is 28.9 Å². The van der Waals surface area contributed by atoms with E-state index in [0.29, 0.717) is 17.5 Å². The summed E-state index contributed by atoms with van der Waals surface area (Å²) in [6.45, 7) is 0.508. The van der Waals surface area contributed by atoms with Gasteiger partial charge in [-0.05, 0) is 53.0 Å². The van der Waals surface area contributed by atoms with Crippen molar-refractivity contribution >= 4 is 27.7 Å². The SMILES string of the molecule is O=C(NC1CCN(C(=O)c2ccc(F)c(F)c2F)CC1)c1ccc(Br)o1. The Kier molecular flexibility index (Phi) is 5.36. The molecule has 138 valence electrons. The summed E-state index contributed by atoms with van der Waals surface area (Å²) in [7, 11) is 0. The number of likely N-dealkylation sites (tertiary alicyclic amines) is 1. The molecule has 1 saturated heterocycles. The summed E-state index contributed by atoms with van der Waals surface area (Å²) in [4.78, 5) is 25.7. The van der Waals surface area contributed by atoms with Gasteiger partial charge in [0.1, 0.15) is 0 Å². The van der Waals surface area contributed by atoms with Gasteiger partial charge in [-0.1, -0.05) is 0 Å². The molecule has 3 rings (SSSR count). The van der Waals surface area contributed by atoms with Gasteiger partial charge in [-0.15, -0.1) is 0 Å². The average Bonchev–Trinajstić information content (AvgIpc) is 3.06. The van der Waals surface area contributed by atoms with Gasteiger partial charge < -0.3 is 14.6 Å². The third kappa shape index (κ3) is 3.77. The second kappa shape index (κ2) is 7.53. The van der Waals surface area contributed by atoms with E-state index in [9.17, 15) is 22.8 Å². The molecule has 26 heavy (non-hydrogen) atoms. The quantitative estimate of drug-likeness (QED) is 0.758. The second-order valence-electron chi connectivity index (χ2n) is 5.87. The molecule has 0 radical (unpaired) electrons. The smallest absolute Gasteiger partial charge is 0.287 e. The van der Waals surface area contributed by atoms with Crippen LogP contribution in [0.4, 0.5) is 13.2 Å². The van der Waals surface area contributed by atoms with Crippen molar-refractivity contribution in [1.29, 1.82) is 0 Å². The molecule has 1 aromatic heterocycles. The molecule has 2 amide bonds. The van der Waals surface area contributed by atoms with Crippen molar-refractivity contribution in [1.82, 2.24) is 10.2 Å². The van der Waals surface area contributed by atoms with Crippen LogP contribution >= 0.6 is 15.9 Å². The first-order chi connectivity index (χ1) is 12.4. The summed E-state index contributed by atoms with van der Waals surface area (Å²) in [5.74, 6) is -5.41. The Balaban J connectivity index is 1.59. The third-order valence-electron chi connectivity index (χ3n) is 4.18. The maximum absolute atomic E-state index is 13.8. The van der Waals surface area contributed by atoms with Crippen LogP contribution in [0.2, 0.25) is 0 Å². The van der Waals surface area contributed by atoms with E-state index in [1.807, 2.05) is 0 Å². The zero-order valence-corrected chi connectivity index (χ0v) is 15.0. The van der Waals surface area contributed by atoms with E-state index in [1.165, 1.54) is 11.0 Å². The lowest BCUT2D eigenvalue weighted by Gasteiger charge is -2.32. The van der Waals surface area contributed by atoms with Gasteiger partial charge in [0.25, 0.3) is 11.8 Å². The van der Waals surface area contributed by atoms with Crippen LogP contribution in [0.25, 0.3) is 0 Å². The van der Waals surface area contributed by atoms with Crippen LogP contribution in [0, 0.1) is 17.5 Å². The summed E-state index contributed by atoms with van der Waals surface area (Å²) < 4.78 is 45.7. The van der Waals surface area contributed by atoms with Gasteiger partial charge in [0.05, 0.1) is 5.56 Å². The molecule has 0 unspecified atom stereocenters. The number of nitrogens with zero attached hydrogens (tertiary/aromatic N) is 1. The Morgan fingerprint density at radius 1 is 1.08 bits per heavy atom. The molecule has 1 aliphatic heterocycles. The number of hydrogen-bond acceptors (Lipinski definition) is 3. The Bertz CT molecular complexity index is 848. The largest absolute Gasteiger partial charge is 0.444 e. The van der Waals surface area contributed by atoms with Crippen LogP contribution in [-0.4, -0.2) is 35.8 Å². The van der Waals surface area contributed by atoms with Crippen molar-refractivity contribution in [2.45, 2.75) is 18.9 Å². The number of hydrogen-bond donors (Lipinski definition) is 1. The van der Waals surface area contributed by atoms with Crippen molar-refractivity contribution in [3.05, 3.63) is 57.7 Å². The zero-order chi connectivity index (χ0) is 18.8. The highest BCUT2D eigenvalue weighted by Crippen LogP contribution is 2.20. The molecule has 1 N–H and O–H groups in total. The van der Waals surface area contributed by atoms with Crippen LogP contribution < -0.4 is 5.32 Å². The van der Waals surface area contributed by atoms with Crippen molar-refractivity contribution < 1.29 is 27.2 Å². The predicted octanol–water partition coefficient (Wildman–Crippen LogP) is 3.49. The van der Waals surface area contributed by atoms with Gasteiger partial charge in [-0.25, -0.2) is 13.2 Å². The van der Waals surface area contributed by atoms with Crippen molar-refractivity contribution in [2.75, 3.05) is 13.1 Å². The maximum Gasteiger partial charge on any atom is 0.287 e. The third-order valence-corrected chi connectivity index (χ3v) is 4.61. The topological polar surface area (TPSA) is 62.6 Å². The molecule has 0 atom stereocenters. The maximum atomic E-state index is 13.8. The van der Waals surface area contributed by atoms with E-state index >= 15 is 0 Å². The average molecular weight is 431 g/mol. The fraction of sp³-hybridized carbons (Fsp3) is 0.294. The fourth-order valence-electron chi connectivity index (χ4n) is 2.78. The van der Waals surface area contributed by atoms with Gasteiger partial charge in [-0.2, -0.15) is 0 Å². The summed E-state index contributed by atoms with van der Waals surface area (Å²) >= 11 is 3.12. The van der Waals surface area contributed by atoms with Crippen LogP contribution in [0.15, 0.2) is 33.4 Å². The summed E-state index contributed by atoms with van der Waals surface area (Å²) in [6.07, 6.45) is 0.898. The number of halogens is 4. The number of nitrogens with one attached hydrogen (secondary N) is 1. The molecule has 2 heterocycles. The second-order valence-corrected chi connectivity index (χ2v) is 6.65. The molecule has 0 spiro atoms. The van der Waals surface area contributed by atoms with Crippen molar-refractivity contribution in [2.24, 2.45) is 0 Å². The lowest BCUT2D eigenvalue weighted by atomic mass is 10.0. The molecular formula is C17H14BrF3N2O3. The van der Waals surface area contributed by atoms with E-state index in [-0.39, 0.29) is 30.8 Å². The standard InChI is InChI=1S/C17H14BrF3N2O3/c18-13-4-3-12(26-13)16(24)22-9-5-7-23(8-6-9)17(25)10-1-2-11(19)15(21)14(10)20/h1-4,9H,5-8H2,(H,22,24). The number of rotatable bonds is 3. The normalized spacial score (nSPS) is 15.2. The highest BCUT2D eigenvalue weighted by molar-refractivity contribution is 9.10. The number of benzene rings is 1. The molecule has 9 heteroatoms. The highest BCUT2D eigenvalue weighted by Gasteiger charge is 2.28. The predicted molar refractivity (Wildman–Crippen MR) is 89.1 cm³/mol. The minimum atomic E-state index is -1.66. The Morgan fingerprint density at radius 2 is 1.77 bits per heavy atom. The van der Waals surface area contributed by atoms with E-state index in [1.54, 1.807) is 6.07 Å². The van der Waals surface area contributed by atoms with Crippen LogP contribution in [0.1, 0.15) is 33.8 Å². The van der Waals surface area contributed by atoms with Gasteiger partial charge in [-0.3, -0.25) is 9.59 Å². The molecule has 0 aliphatic carbocycles. The zero-order valence-electron chi connectivity index (χ0n) is 13.4. The summed E-state index contributed by atoms with van der Waals surface area (Å²) in [5.41, 5.74) is -0.508. The summed E-state index contributed by atoms with van der Waals surface area (Å²) in [5, 5.41) is 2.80. The number of furan rings is 1. The van der Waals surface area contributed by atoms with Crippen LogP contribution in [-0.2, 0) is 0 Å². The van der Waals surface area contributed by atoms with Gasteiger partial charge >= 0.3 is 0 Å². The number of carbonyl (C=O) groups excluding carboxylic acids is 2. The van der Waals surface area contributed by atoms with E-state index in [4.69, 9.17) is 4.42 Å². The van der Waals surface area contributed by atoms with E-state index in [0.717, 1.165) is 12.1 Å². The number of amides is 2. The first-order valence-corrected chi connectivity index (χ1v) is 8.65. The Labute approximate surface area is 155 Å². The molecule has 1 fully saturated rings. The summed E-state index contributed by atoms with van der Waals surface area (Å²) in [6, 6.07) is 4.61. The van der Waals surface area contributed by atoms with E-state index in [2.05, 4.69) is 21.2 Å². The highest BCUT2D eigenvalue weighted by atomic mass is 79.9. The van der Waals surface area contributed by atoms with Crippen LogP contribution in [0.3, 0.4) is 0 Å². The first kappa shape index (κ1) is 18.5. The molecule has 0 bridgehead atoms. The lowest BCUT2D eigenvalue weighted by Crippen LogP contribution is -2.46. The molecule has 5 nitrogen and oxygen atoms in total. The first-order valence-electron chi connectivity index (χ1n) is 7.86. The molecule has 1 aliphatic rings. The Hall–Kier alpha value is -2.29. The van der Waals surface area contributed by atoms with Gasteiger partial charge in [0.15, 0.2) is 27.9 Å². The van der Waals surface area contributed by atoms with Crippen molar-refractivity contribution in [3.8, 4) is 0 Å². The minimum absolute atomic E-state index is 0.166. The minimum Gasteiger partial charge on any atom is -0.444 e. The molecular weight excluding hydrogens is 417 g/mol. The van der Waals surface area contributed by atoms with Gasteiger partial charge in [0.2, 0.25) is 0 Å². The monoisotopic (exact) mass is 430 g/mol. The molecule has 1 aromatic carbocycles. The number of piperidine rings is 1. The van der Waals surface area contributed by atoms with Gasteiger partial charge in [0, 0.05) is 19.1 Å². The fourth-order valence-corrected chi connectivity index (χ4v) is 3.09. The molecule has 2 aromatic rings. The number of carbonyl (C=O) groups is 2. The van der Waals surface area contributed by atoms with Crippen LogP contribution in [0.5, 0.6) is 0 Å². The lowest BCUT2D eigenvalue weighted by molar-refractivity contribution is 0.0690. The molecule has 0 saturated carbocycles. The Morgan fingerprint density at radius 3 is 2.38 bits per heavy atom. The van der Waals surface area contributed by atoms with Crippen molar-refractivity contribution in [3.63, 3.8) is 0 Å².